The molecule has 0 heterocycles. The van der Waals surface area contributed by atoms with Crippen molar-refractivity contribution in [2.45, 2.75) is 225 Å². The van der Waals surface area contributed by atoms with Gasteiger partial charge in [0.1, 0.15) is 6.61 Å². The van der Waals surface area contributed by atoms with Crippen LogP contribution in [0.5, 0.6) is 0 Å². The molecule has 0 aromatic heterocycles. The van der Waals surface area contributed by atoms with E-state index < -0.39 is 6.10 Å². The maximum Gasteiger partial charge on any atom is 0.306 e. The summed E-state index contributed by atoms with van der Waals surface area (Å²) in [6, 6.07) is 0. The third kappa shape index (κ3) is 44.1. The molecule has 1 atom stereocenters. The number of ether oxygens (including phenoxy) is 2. The lowest BCUT2D eigenvalue weighted by Crippen LogP contribution is -2.28. The van der Waals surface area contributed by atoms with Gasteiger partial charge in [-0.1, -0.05) is 215 Å². The molecule has 5 nitrogen and oxygen atoms in total. The van der Waals surface area contributed by atoms with Crippen molar-refractivity contribution >= 4 is 11.9 Å². The van der Waals surface area contributed by atoms with Gasteiger partial charge in [-0.15, -0.1) is 0 Å². The Morgan fingerprint density at radius 2 is 0.768 bits per heavy atom. The van der Waals surface area contributed by atoms with Crippen molar-refractivity contribution in [2.75, 3.05) is 13.2 Å². The first-order valence-corrected chi connectivity index (χ1v) is 23.5. The standard InChI is InChI=1S/C51H88O5/c1-3-5-7-9-11-13-15-17-18-19-20-21-22-23-24-25-26-27-28-29-30-31-32-34-36-38-40-42-44-46-51(54)56-49(47-52)48-55-50(53)45-43-41-39-37-35-33-16-14-12-10-8-6-4-2/h5,7,11,13,17-18,20-21,23-24,26-27,49,52H,3-4,6,8-10,12,14-16,19,22,25,28-48H2,1-2H3/b7-5-,13-11-,18-17-,21-20-,24-23-,27-26-. The minimum Gasteiger partial charge on any atom is -0.462 e. The summed E-state index contributed by atoms with van der Waals surface area (Å²) in [7, 11) is 0. The van der Waals surface area contributed by atoms with Crippen LogP contribution in [0.4, 0.5) is 0 Å². The molecule has 0 fully saturated rings. The number of esters is 2. The highest BCUT2D eigenvalue weighted by Crippen LogP contribution is 2.15. The molecule has 0 saturated carbocycles. The molecule has 0 aliphatic rings. The van der Waals surface area contributed by atoms with E-state index in [1.807, 2.05) is 0 Å². The van der Waals surface area contributed by atoms with E-state index in [0.29, 0.717) is 12.8 Å². The molecule has 0 rings (SSSR count). The molecule has 0 saturated heterocycles. The minimum atomic E-state index is -0.774. The quantitative estimate of drug-likeness (QED) is 0.0379. The Kier molecular flexibility index (Phi) is 44.5. The molecular formula is C51H88O5. The first-order valence-electron chi connectivity index (χ1n) is 23.5. The van der Waals surface area contributed by atoms with Crippen molar-refractivity contribution in [1.29, 1.82) is 0 Å². The largest absolute Gasteiger partial charge is 0.462 e. The van der Waals surface area contributed by atoms with E-state index in [9.17, 15) is 14.7 Å². The molecule has 0 bridgehead atoms. The highest BCUT2D eigenvalue weighted by atomic mass is 16.6. The zero-order chi connectivity index (χ0) is 40.7. The van der Waals surface area contributed by atoms with Crippen LogP contribution in [-0.4, -0.2) is 36.4 Å². The van der Waals surface area contributed by atoms with Crippen LogP contribution in [0, 0.1) is 0 Å². The normalized spacial score (nSPS) is 12.8. The Hall–Kier alpha value is -2.66. The number of aliphatic hydroxyl groups is 1. The van der Waals surface area contributed by atoms with E-state index in [1.54, 1.807) is 0 Å². The SMILES string of the molecule is CC/C=C\C/C=C\C/C=C\C/C=C\C/C=C\C/C=C\CCCCCCCCCCCCC(=O)OC(CO)COC(=O)CCCCCCCCCCCCCCC. The van der Waals surface area contributed by atoms with Gasteiger partial charge in [0.25, 0.3) is 0 Å². The Morgan fingerprint density at radius 3 is 1.16 bits per heavy atom. The lowest BCUT2D eigenvalue weighted by atomic mass is 10.0. The van der Waals surface area contributed by atoms with Gasteiger partial charge >= 0.3 is 11.9 Å². The number of rotatable bonds is 42. The second kappa shape index (κ2) is 46.7. The number of aliphatic hydroxyl groups excluding tert-OH is 1. The molecule has 0 aliphatic carbocycles. The van der Waals surface area contributed by atoms with E-state index >= 15 is 0 Å². The molecule has 56 heavy (non-hydrogen) atoms. The van der Waals surface area contributed by atoms with Gasteiger partial charge in [-0.3, -0.25) is 9.59 Å². The topological polar surface area (TPSA) is 72.8 Å². The third-order valence-electron chi connectivity index (χ3n) is 10.0. The van der Waals surface area contributed by atoms with E-state index in [-0.39, 0.29) is 25.2 Å². The molecule has 0 radical (unpaired) electrons. The van der Waals surface area contributed by atoms with E-state index in [2.05, 4.69) is 86.8 Å². The molecule has 5 heteroatoms. The number of allylic oxidation sites excluding steroid dienone is 12. The van der Waals surface area contributed by atoms with Crippen LogP contribution >= 0.6 is 0 Å². The van der Waals surface area contributed by atoms with Gasteiger partial charge in [-0.05, 0) is 64.2 Å². The summed E-state index contributed by atoms with van der Waals surface area (Å²) < 4.78 is 10.6. The second-order valence-electron chi connectivity index (χ2n) is 15.5. The van der Waals surface area contributed by atoms with E-state index in [4.69, 9.17) is 9.47 Å². The van der Waals surface area contributed by atoms with Gasteiger partial charge in [0.15, 0.2) is 6.10 Å². The number of hydrogen-bond acceptors (Lipinski definition) is 5. The van der Waals surface area contributed by atoms with Crippen LogP contribution in [0.15, 0.2) is 72.9 Å². The molecular weight excluding hydrogens is 693 g/mol. The van der Waals surface area contributed by atoms with Gasteiger partial charge in [0.05, 0.1) is 6.61 Å². The van der Waals surface area contributed by atoms with Crippen molar-refractivity contribution in [3.63, 3.8) is 0 Å². The van der Waals surface area contributed by atoms with Crippen molar-refractivity contribution in [3.8, 4) is 0 Å². The first kappa shape index (κ1) is 53.3. The summed E-state index contributed by atoms with van der Waals surface area (Å²) >= 11 is 0. The van der Waals surface area contributed by atoms with Crippen molar-refractivity contribution in [2.24, 2.45) is 0 Å². The van der Waals surface area contributed by atoms with Gasteiger partial charge in [-0.2, -0.15) is 0 Å². The van der Waals surface area contributed by atoms with Crippen LogP contribution in [0.1, 0.15) is 219 Å². The summed E-state index contributed by atoms with van der Waals surface area (Å²) in [4.78, 5) is 24.3. The molecule has 0 aromatic carbocycles. The predicted octanol–water partition coefficient (Wildman–Crippen LogP) is 15.3. The first-order chi connectivity index (χ1) is 27.6. The van der Waals surface area contributed by atoms with Gasteiger partial charge in [-0.25, -0.2) is 0 Å². The Balaban J connectivity index is 3.54. The lowest BCUT2D eigenvalue weighted by Gasteiger charge is -2.15. The number of carbonyl (C=O) groups is 2. The molecule has 1 unspecified atom stereocenters. The molecule has 0 aromatic rings. The van der Waals surface area contributed by atoms with E-state index in [0.717, 1.165) is 77.0 Å². The predicted molar refractivity (Wildman–Crippen MR) is 242 cm³/mol. The number of carbonyl (C=O) groups excluding carboxylic acids is 2. The van der Waals surface area contributed by atoms with Crippen LogP contribution in [-0.2, 0) is 19.1 Å². The van der Waals surface area contributed by atoms with Gasteiger partial charge in [0, 0.05) is 12.8 Å². The third-order valence-corrected chi connectivity index (χ3v) is 10.0. The summed E-state index contributed by atoms with van der Waals surface area (Å²) in [5.41, 5.74) is 0. The zero-order valence-corrected chi connectivity index (χ0v) is 36.6. The van der Waals surface area contributed by atoms with Gasteiger partial charge < -0.3 is 14.6 Å². The monoisotopic (exact) mass is 781 g/mol. The summed E-state index contributed by atoms with van der Waals surface area (Å²) in [6.07, 6.45) is 62.7. The molecule has 0 amide bonds. The van der Waals surface area contributed by atoms with Crippen molar-refractivity contribution < 1.29 is 24.2 Å². The molecule has 0 aliphatic heterocycles. The van der Waals surface area contributed by atoms with Crippen molar-refractivity contribution in [1.82, 2.24) is 0 Å². The maximum atomic E-state index is 12.2. The average molecular weight is 781 g/mol. The number of hydrogen-bond donors (Lipinski definition) is 1. The maximum absolute atomic E-state index is 12.2. The fraction of sp³-hybridized carbons (Fsp3) is 0.725. The molecule has 322 valence electrons. The van der Waals surface area contributed by atoms with Crippen LogP contribution in [0.2, 0.25) is 0 Å². The summed E-state index contributed by atoms with van der Waals surface area (Å²) in [5.74, 6) is -0.593. The fourth-order valence-corrected chi connectivity index (χ4v) is 6.50. The van der Waals surface area contributed by atoms with Crippen LogP contribution in [0.3, 0.4) is 0 Å². The van der Waals surface area contributed by atoms with Crippen LogP contribution in [0.25, 0.3) is 0 Å². The molecule has 1 N–H and O–H groups in total. The highest BCUT2D eigenvalue weighted by molar-refractivity contribution is 5.70. The van der Waals surface area contributed by atoms with E-state index in [1.165, 1.54) is 116 Å². The highest BCUT2D eigenvalue weighted by Gasteiger charge is 2.16. The lowest BCUT2D eigenvalue weighted by molar-refractivity contribution is -0.161. The van der Waals surface area contributed by atoms with Crippen LogP contribution < -0.4 is 0 Å². The average Bonchev–Trinajstić information content (AvgIpc) is 3.20. The Morgan fingerprint density at radius 1 is 0.429 bits per heavy atom. The Labute approximate surface area is 346 Å². The van der Waals surface area contributed by atoms with Crippen molar-refractivity contribution in [3.05, 3.63) is 72.9 Å². The minimum absolute atomic E-state index is 0.0674. The van der Waals surface area contributed by atoms with Gasteiger partial charge in [0.2, 0.25) is 0 Å². The zero-order valence-electron chi connectivity index (χ0n) is 36.6. The molecule has 0 spiro atoms. The fourth-order valence-electron chi connectivity index (χ4n) is 6.50. The smallest absolute Gasteiger partial charge is 0.306 e. The number of unbranched alkanes of at least 4 members (excludes halogenated alkanes) is 22. The Bertz CT molecular complexity index is 1020. The summed E-state index contributed by atoms with van der Waals surface area (Å²) in [6.45, 7) is 4.02. The second-order valence-corrected chi connectivity index (χ2v) is 15.5. The summed E-state index contributed by atoms with van der Waals surface area (Å²) in [5, 5.41) is 9.59.